The number of nitrogens with zero attached hydrogens (tertiary/aromatic N) is 1. The van der Waals surface area contributed by atoms with Crippen LogP contribution in [0.1, 0.15) is 17.0 Å². The van der Waals surface area contributed by atoms with Crippen molar-refractivity contribution < 1.29 is 0 Å². The summed E-state index contributed by atoms with van der Waals surface area (Å²) in [6.07, 6.45) is 0.962. The van der Waals surface area contributed by atoms with E-state index in [1.807, 2.05) is 0 Å². The van der Waals surface area contributed by atoms with Crippen LogP contribution in [-0.2, 0) is 6.42 Å². The molecule has 3 rings (SSSR count). The summed E-state index contributed by atoms with van der Waals surface area (Å²) in [5, 5.41) is 0. The van der Waals surface area contributed by atoms with Crippen molar-refractivity contribution in [3.8, 4) is 5.69 Å². The Kier molecular flexibility index (Phi) is 3.20. The van der Waals surface area contributed by atoms with Gasteiger partial charge in [0.25, 0.3) is 0 Å². The summed E-state index contributed by atoms with van der Waals surface area (Å²) in [6, 6.07) is 25.5. The molecule has 3 aromatic rings. The molecule has 19 heavy (non-hydrogen) atoms. The molecule has 1 nitrogen and oxygen atoms in total. The second-order valence-electron chi connectivity index (χ2n) is 4.80. The van der Waals surface area contributed by atoms with Gasteiger partial charge in [0.15, 0.2) is 0 Å². The van der Waals surface area contributed by atoms with Gasteiger partial charge >= 0.3 is 0 Å². The Labute approximate surface area is 114 Å². The van der Waals surface area contributed by atoms with Crippen molar-refractivity contribution in [2.45, 2.75) is 13.3 Å². The van der Waals surface area contributed by atoms with Crippen molar-refractivity contribution in [2.24, 2.45) is 0 Å². The van der Waals surface area contributed by atoms with E-state index in [1.165, 1.54) is 22.6 Å². The fourth-order valence-electron chi connectivity index (χ4n) is 2.48. The first kappa shape index (κ1) is 11.8. The van der Waals surface area contributed by atoms with Gasteiger partial charge in [0.05, 0.1) is 0 Å². The highest BCUT2D eigenvalue weighted by Crippen LogP contribution is 2.19. The first-order valence-corrected chi connectivity index (χ1v) is 6.61. The minimum absolute atomic E-state index is 0.962. The number of hydrogen-bond donors (Lipinski definition) is 0. The van der Waals surface area contributed by atoms with E-state index in [4.69, 9.17) is 0 Å². The normalized spacial score (nSPS) is 10.6. The summed E-state index contributed by atoms with van der Waals surface area (Å²) >= 11 is 0. The van der Waals surface area contributed by atoms with Crippen LogP contribution in [0.25, 0.3) is 5.69 Å². The van der Waals surface area contributed by atoms with E-state index in [1.54, 1.807) is 0 Å². The lowest BCUT2D eigenvalue weighted by molar-refractivity contribution is 0.924. The average molecular weight is 247 g/mol. The van der Waals surface area contributed by atoms with Gasteiger partial charge in [0.1, 0.15) is 0 Å². The number of benzene rings is 2. The maximum atomic E-state index is 2.33. The molecule has 0 aliphatic rings. The van der Waals surface area contributed by atoms with E-state index in [0.29, 0.717) is 0 Å². The van der Waals surface area contributed by atoms with Gasteiger partial charge in [-0.2, -0.15) is 0 Å². The van der Waals surface area contributed by atoms with Crippen molar-refractivity contribution in [3.05, 3.63) is 89.7 Å². The van der Waals surface area contributed by atoms with Crippen LogP contribution in [0.15, 0.2) is 72.8 Å². The van der Waals surface area contributed by atoms with Crippen LogP contribution in [-0.4, -0.2) is 4.57 Å². The van der Waals surface area contributed by atoms with Crippen LogP contribution in [0.5, 0.6) is 0 Å². The molecule has 0 spiro atoms. The third-order valence-corrected chi connectivity index (χ3v) is 3.40. The number of para-hydroxylation sites is 1. The van der Waals surface area contributed by atoms with Crippen molar-refractivity contribution in [1.82, 2.24) is 4.57 Å². The molecule has 0 saturated carbocycles. The minimum atomic E-state index is 0.962. The van der Waals surface area contributed by atoms with Crippen LogP contribution in [0, 0.1) is 6.92 Å². The quantitative estimate of drug-likeness (QED) is 0.647. The zero-order chi connectivity index (χ0) is 13.1. The van der Waals surface area contributed by atoms with Crippen molar-refractivity contribution in [2.75, 3.05) is 0 Å². The topological polar surface area (TPSA) is 4.93 Å². The third-order valence-electron chi connectivity index (χ3n) is 3.40. The Morgan fingerprint density at radius 1 is 0.737 bits per heavy atom. The maximum absolute atomic E-state index is 2.33. The first-order chi connectivity index (χ1) is 9.34. The molecule has 0 aliphatic carbocycles. The van der Waals surface area contributed by atoms with Gasteiger partial charge in [0.2, 0.25) is 0 Å². The SMILES string of the molecule is Cc1ccc(Cc2ccccc2)n1-c1ccccc1. The fraction of sp³-hybridized carbons (Fsp3) is 0.111. The largest absolute Gasteiger partial charge is 0.318 e. The number of aromatic nitrogens is 1. The van der Waals surface area contributed by atoms with Crippen molar-refractivity contribution in [3.63, 3.8) is 0 Å². The molecule has 0 unspecified atom stereocenters. The van der Waals surface area contributed by atoms with Crippen LogP contribution in [0.4, 0.5) is 0 Å². The van der Waals surface area contributed by atoms with Gasteiger partial charge in [-0.1, -0.05) is 48.5 Å². The number of rotatable bonds is 3. The predicted octanol–water partition coefficient (Wildman–Crippen LogP) is 4.38. The smallest absolute Gasteiger partial charge is 0.0455 e. The zero-order valence-electron chi connectivity index (χ0n) is 11.1. The second-order valence-corrected chi connectivity index (χ2v) is 4.80. The molecule has 0 amide bonds. The lowest BCUT2D eigenvalue weighted by Crippen LogP contribution is -2.02. The summed E-state index contributed by atoms with van der Waals surface area (Å²) in [7, 11) is 0. The van der Waals surface area contributed by atoms with E-state index >= 15 is 0 Å². The summed E-state index contributed by atoms with van der Waals surface area (Å²) < 4.78 is 2.33. The Balaban J connectivity index is 2.00. The average Bonchev–Trinajstić information content (AvgIpc) is 2.82. The lowest BCUT2D eigenvalue weighted by atomic mass is 10.1. The minimum Gasteiger partial charge on any atom is -0.318 e. The van der Waals surface area contributed by atoms with Crippen LogP contribution in [0.2, 0.25) is 0 Å². The monoisotopic (exact) mass is 247 g/mol. The summed E-state index contributed by atoms with van der Waals surface area (Å²) in [5.41, 5.74) is 5.18. The predicted molar refractivity (Wildman–Crippen MR) is 79.8 cm³/mol. The van der Waals surface area contributed by atoms with Crippen molar-refractivity contribution in [1.29, 1.82) is 0 Å². The van der Waals surface area contributed by atoms with E-state index in [2.05, 4.69) is 84.3 Å². The van der Waals surface area contributed by atoms with Gasteiger partial charge in [0, 0.05) is 23.5 Å². The highest BCUT2D eigenvalue weighted by Gasteiger charge is 2.07. The summed E-state index contributed by atoms with van der Waals surface area (Å²) in [6.45, 7) is 2.15. The van der Waals surface area contributed by atoms with E-state index in [0.717, 1.165) is 6.42 Å². The molecule has 1 heteroatoms. The molecule has 1 heterocycles. The van der Waals surface area contributed by atoms with E-state index in [9.17, 15) is 0 Å². The molecule has 0 N–H and O–H groups in total. The standard InChI is InChI=1S/C18H17N/c1-15-12-13-18(14-16-8-4-2-5-9-16)19(15)17-10-6-3-7-11-17/h2-13H,14H2,1H3. The number of hydrogen-bond acceptors (Lipinski definition) is 0. The Hall–Kier alpha value is -2.28. The molecule has 0 bridgehead atoms. The highest BCUT2D eigenvalue weighted by molar-refractivity contribution is 5.39. The molecule has 0 aliphatic heterocycles. The Morgan fingerprint density at radius 2 is 1.37 bits per heavy atom. The maximum Gasteiger partial charge on any atom is 0.0455 e. The molecule has 0 fully saturated rings. The molecular weight excluding hydrogens is 230 g/mol. The highest BCUT2D eigenvalue weighted by atomic mass is 15.0. The Bertz CT molecular complexity index is 651. The molecule has 0 radical (unpaired) electrons. The van der Waals surface area contributed by atoms with Gasteiger partial charge in [-0.3, -0.25) is 0 Å². The van der Waals surface area contributed by atoms with Gasteiger partial charge < -0.3 is 4.57 Å². The molecule has 2 aromatic carbocycles. The molecular formula is C18H17N. The van der Waals surface area contributed by atoms with Crippen LogP contribution in [0.3, 0.4) is 0 Å². The molecule has 0 saturated heterocycles. The second kappa shape index (κ2) is 5.15. The van der Waals surface area contributed by atoms with Gasteiger partial charge in [-0.15, -0.1) is 0 Å². The molecule has 0 atom stereocenters. The zero-order valence-corrected chi connectivity index (χ0v) is 11.1. The van der Waals surface area contributed by atoms with Gasteiger partial charge in [-0.05, 0) is 36.8 Å². The third kappa shape index (κ3) is 2.45. The molecule has 94 valence electrons. The lowest BCUT2D eigenvalue weighted by Gasteiger charge is -2.12. The van der Waals surface area contributed by atoms with Crippen LogP contribution >= 0.6 is 0 Å². The van der Waals surface area contributed by atoms with Crippen LogP contribution < -0.4 is 0 Å². The van der Waals surface area contributed by atoms with Gasteiger partial charge in [-0.25, -0.2) is 0 Å². The van der Waals surface area contributed by atoms with E-state index < -0.39 is 0 Å². The first-order valence-electron chi connectivity index (χ1n) is 6.61. The molecule has 1 aromatic heterocycles. The number of aryl methyl sites for hydroxylation is 1. The van der Waals surface area contributed by atoms with E-state index in [-0.39, 0.29) is 0 Å². The summed E-state index contributed by atoms with van der Waals surface area (Å²) in [5.74, 6) is 0. The summed E-state index contributed by atoms with van der Waals surface area (Å²) in [4.78, 5) is 0. The Morgan fingerprint density at radius 3 is 2.05 bits per heavy atom. The fourth-order valence-corrected chi connectivity index (χ4v) is 2.48. The van der Waals surface area contributed by atoms with Crippen molar-refractivity contribution >= 4 is 0 Å².